The van der Waals surface area contributed by atoms with Crippen LogP contribution in [0.15, 0.2) is 60.7 Å². The molecule has 13 nitrogen and oxygen atoms in total. The quantitative estimate of drug-likeness (QED) is 0.205. The van der Waals surface area contributed by atoms with Crippen molar-refractivity contribution < 1.29 is 28.7 Å². The molecule has 60 heavy (non-hydrogen) atoms. The van der Waals surface area contributed by atoms with Crippen molar-refractivity contribution in [3.8, 4) is 11.8 Å². The number of alkyl halides is 1. The highest BCUT2D eigenvalue weighted by molar-refractivity contribution is 6.31. The highest BCUT2D eigenvalue weighted by Gasteiger charge is 2.64. The summed E-state index contributed by atoms with van der Waals surface area (Å²) in [6.45, 7) is 13.9. The largest absolute Gasteiger partial charge is 0.489 e. The van der Waals surface area contributed by atoms with E-state index in [-0.39, 0.29) is 52.9 Å². The first-order valence-corrected chi connectivity index (χ1v) is 21.3. The number of hydrogen-bond donors (Lipinski definition) is 2. The van der Waals surface area contributed by atoms with Crippen molar-refractivity contribution in [3.05, 3.63) is 87.9 Å². The molecule has 1 saturated carbocycles. The van der Waals surface area contributed by atoms with Crippen molar-refractivity contribution >= 4 is 64.1 Å². The van der Waals surface area contributed by atoms with Crippen LogP contribution >= 0.6 is 23.2 Å². The molecule has 0 aromatic heterocycles. The lowest BCUT2D eigenvalue weighted by molar-refractivity contribution is -0.164. The number of halogens is 2. The molecule has 8 rings (SSSR count). The number of amides is 5. The van der Waals surface area contributed by atoms with Crippen LogP contribution in [0.5, 0.6) is 5.75 Å². The number of piperazine rings is 1. The number of nitriles is 1. The average Bonchev–Trinajstić information content (AvgIpc) is 3.47. The van der Waals surface area contributed by atoms with E-state index < -0.39 is 34.5 Å². The Morgan fingerprint density at radius 2 is 1.48 bits per heavy atom. The normalized spacial score (nSPS) is 24.6. The number of ether oxygens (including phenoxy) is 1. The van der Waals surface area contributed by atoms with E-state index in [2.05, 4.69) is 59.1 Å². The maximum Gasteiger partial charge on any atom is 0.262 e. The molecule has 4 heterocycles. The van der Waals surface area contributed by atoms with Gasteiger partial charge < -0.3 is 19.9 Å². The standard InChI is InChI=1S/C45H49Cl2N7O6/c1-43(2)41(44(3,4)42(43)60-31-11-7-28(25-48)34(46)24-31)50-37(56)27-5-8-29(9-6-27)53-21-19-51(20-22-53)26-45(47)15-17-52(18-16-45)30-10-12-32-33(23-30)40(59)54(39(32)58)35-13-14-36(55)49-38(35)57/h5-12,23-24,35,41-42H,13-22,26H2,1-4H3,(H,50,56)(H,49,55,57)/t35?,41-,42-. The van der Waals surface area contributed by atoms with Gasteiger partial charge in [0.05, 0.1) is 26.6 Å². The SMILES string of the molecule is CC1(C)[C@H](NC(=O)c2ccc(N3CCN(CC4(Cl)CCN(c5ccc6c(c5)C(=O)N(C5CCC(=O)NC5=O)C6=O)CC4)CC3)cc2)C(C)(C)[C@H]1Oc1ccc(C#N)c(Cl)c1. The van der Waals surface area contributed by atoms with Crippen molar-refractivity contribution in [2.24, 2.45) is 10.8 Å². The Morgan fingerprint density at radius 3 is 2.12 bits per heavy atom. The highest BCUT2D eigenvalue weighted by Crippen LogP contribution is 2.55. The molecule has 1 aliphatic carbocycles. The Balaban J connectivity index is 0.804. The molecular formula is C45H49Cl2N7O6. The lowest BCUT2D eigenvalue weighted by Crippen LogP contribution is -2.74. The number of nitrogens with one attached hydrogen (secondary N) is 2. The number of anilines is 2. The van der Waals surface area contributed by atoms with Crippen LogP contribution in [0.25, 0.3) is 0 Å². The average molecular weight is 855 g/mol. The summed E-state index contributed by atoms with van der Waals surface area (Å²) in [6.07, 6.45) is 1.50. The third-order valence-corrected chi connectivity index (χ3v) is 14.1. The molecule has 2 N–H and O–H groups in total. The Bertz CT molecular complexity index is 2280. The summed E-state index contributed by atoms with van der Waals surface area (Å²) in [4.78, 5) is 71.7. The first-order valence-electron chi connectivity index (χ1n) is 20.5. The smallest absolute Gasteiger partial charge is 0.262 e. The lowest BCUT2D eigenvalue weighted by atomic mass is 9.49. The second-order valence-corrected chi connectivity index (χ2v) is 19.1. The van der Waals surface area contributed by atoms with E-state index >= 15 is 0 Å². The van der Waals surface area contributed by atoms with Gasteiger partial charge in [-0.3, -0.25) is 39.1 Å². The third-order valence-electron chi connectivity index (χ3n) is 13.3. The summed E-state index contributed by atoms with van der Waals surface area (Å²) in [6, 6.07) is 19.0. The van der Waals surface area contributed by atoms with Gasteiger partial charge in [-0.25, -0.2) is 0 Å². The van der Waals surface area contributed by atoms with Crippen LogP contribution < -0.4 is 25.2 Å². The number of piperidine rings is 2. The summed E-state index contributed by atoms with van der Waals surface area (Å²) < 4.78 is 6.38. The van der Waals surface area contributed by atoms with Crippen molar-refractivity contribution in [3.63, 3.8) is 0 Å². The molecule has 5 amide bonds. The zero-order chi connectivity index (χ0) is 42.7. The number of nitrogens with zero attached hydrogens (tertiary/aromatic N) is 5. The van der Waals surface area contributed by atoms with Gasteiger partial charge in [0.25, 0.3) is 17.7 Å². The second-order valence-electron chi connectivity index (χ2n) is 17.9. The highest BCUT2D eigenvalue weighted by atomic mass is 35.5. The van der Waals surface area contributed by atoms with Gasteiger partial charge in [-0.1, -0.05) is 39.3 Å². The molecule has 3 aromatic rings. The fourth-order valence-corrected chi connectivity index (χ4v) is 10.7. The van der Waals surface area contributed by atoms with Crippen LogP contribution in [0, 0.1) is 22.2 Å². The fraction of sp³-hybridized carbons (Fsp3) is 0.467. The first-order chi connectivity index (χ1) is 28.5. The summed E-state index contributed by atoms with van der Waals surface area (Å²) in [5.41, 5.74) is 2.69. The zero-order valence-electron chi connectivity index (χ0n) is 34.2. The lowest BCUT2D eigenvalue weighted by Gasteiger charge is -2.63. The fourth-order valence-electron chi connectivity index (χ4n) is 10.2. The molecule has 0 bridgehead atoms. The number of benzene rings is 3. The molecule has 15 heteroatoms. The van der Waals surface area contributed by atoms with Gasteiger partial charge in [0.1, 0.15) is 24.0 Å². The molecule has 5 aliphatic rings. The minimum absolute atomic E-state index is 0.0765. The van der Waals surface area contributed by atoms with Gasteiger partial charge in [-0.2, -0.15) is 5.26 Å². The van der Waals surface area contributed by atoms with Gasteiger partial charge in [0, 0.05) is 92.1 Å². The first kappa shape index (κ1) is 41.6. The Kier molecular flexibility index (Phi) is 10.9. The number of carbonyl (C=O) groups excluding carboxylic acids is 5. The Labute approximate surface area is 359 Å². The second kappa shape index (κ2) is 15.7. The topological polar surface area (TPSA) is 155 Å². The van der Waals surface area contributed by atoms with Crippen molar-refractivity contribution in [2.75, 3.05) is 55.6 Å². The van der Waals surface area contributed by atoms with Crippen LogP contribution in [-0.2, 0) is 9.59 Å². The molecule has 0 spiro atoms. The van der Waals surface area contributed by atoms with Gasteiger partial charge in [0.15, 0.2) is 0 Å². The number of hydrogen-bond acceptors (Lipinski definition) is 10. The number of rotatable bonds is 9. The van der Waals surface area contributed by atoms with E-state index in [4.69, 9.17) is 27.9 Å². The van der Waals surface area contributed by atoms with Crippen LogP contribution in [0.4, 0.5) is 11.4 Å². The van der Waals surface area contributed by atoms with E-state index in [0.29, 0.717) is 35.0 Å². The van der Waals surface area contributed by atoms with Crippen LogP contribution in [0.1, 0.15) is 90.0 Å². The Hall–Kier alpha value is -5.16. The maximum atomic E-state index is 13.5. The minimum atomic E-state index is -0.995. The van der Waals surface area contributed by atoms with E-state index in [1.165, 1.54) is 0 Å². The van der Waals surface area contributed by atoms with Gasteiger partial charge in [-0.15, -0.1) is 11.6 Å². The zero-order valence-corrected chi connectivity index (χ0v) is 35.7. The molecule has 4 aliphatic heterocycles. The summed E-state index contributed by atoms with van der Waals surface area (Å²) in [7, 11) is 0. The predicted molar refractivity (Wildman–Crippen MR) is 228 cm³/mol. The van der Waals surface area contributed by atoms with Crippen molar-refractivity contribution in [1.82, 2.24) is 20.4 Å². The number of carbonyl (C=O) groups is 5. The third kappa shape index (κ3) is 7.58. The summed E-state index contributed by atoms with van der Waals surface area (Å²) in [5.74, 6) is -1.59. The molecule has 314 valence electrons. The van der Waals surface area contributed by atoms with Gasteiger partial charge >= 0.3 is 0 Å². The molecule has 3 saturated heterocycles. The van der Waals surface area contributed by atoms with E-state index in [1.54, 1.807) is 30.3 Å². The monoisotopic (exact) mass is 853 g/mol. The van der Waals surface area contributed by atoms with Gasteiger partial charge in [-0.05, 0) is 73.9 Å². The molecular weight excluding hydrogens is 805 g/mol. The van der Waals surface area contributed by atoms with Crippen LogP contribution in [0.2, 0.25) is 5.02 Å². The molecule has 1 unspecified atom stereocenters. The van der Waals surface area contributed by atoms with Gasteiger partial charge in [0.2, 0.25) is 11.8 Å². The molecule has 3 aromatic carbocycles. The van der Waals surface area contributed by atoms with E-state index in [9.17, 15) is 29.2 Å². The summed E-state index contributed by atoms with van der Waals surface area (Å²) >= 11 is 13.5. The van der Waals surface area contributed by atoms with E-state index in [1.807, 2.05) is 30.3 Å². The van der Waals surface area contributed by atoms with Crippen molar-refractivity contribution in [2.45, 2.75) is 76.4 Å². The van der Waals surface area contributed by atoms with E-state index in [0.717, 1.165) is 61.8 Å². The molecule has 4 fully saturated rings. The predicted octanol–water partition coefficient (Wildman–Crippen LogP) is 5.62. The molecule has 0 radical (unpaired) electrons. The van der Waals surface area contributed by atoms with Crippen molar-refractivity contribution in [1.29, 1.82) is 5.26 Å². The number of fused-ring (bicyclic) bond motifs is 1. The van der Waals surface area contributed by atoms with Crippen LogP contribution in [-0.4, -0.2) is 108 Å². The number of imide groups is 2. The van der Waals surface area contributed by atoms with Crippen LogP contribution in [0.3, 0.4) is 0 Å². The summed E-state index contributed by atoms with van der Waals surface area (Å²) in [5, 5.41) is 15.1. The Morgan fingerprint density at radius 1 is 0.850 bits per heavy atom. The minimum Gasteiger partial charge on any atom is -0.489 e. The molecule has 1 atom stereocenters. The maximum absolute atomic E-state index is 13.5.